The highest BCUT2D eigenvalue weighted by atomic mass is 32.2. The van der Waals surface area contributed by atoms with Gasteiger partial charge in [0, 0.05) is 37.1 Å². The number of benzene rings is 1. The molecule has 0 unspecified atom stereocenters. The molecule has 1 N–H and O–H groups in total. The summed E-state index contributed by atoms with van der Waals surface area (Å²) in [6.45, 7) is 1.86. The fourth-order valence-electron chi connectivity index (χ4n) is 4.17. The van der Waals surface area contributed by atoms with Gasteiger partial charge in [0.15, 0.2) is 0 Å². The van der Waals surface area contributed by atoms with E-state index in [4.69, 9.17) is 4.74 Å². The van der Waals surface area contributed by atoms with E-state index in [1.807, 2.05) is 6.26 Å². The number of carbonyl (C=O) groups excluding carboxylic acids is 1. The first-order chi connectivity index (χ1) is 16.3. The number of rotatable bonds is 5. The number of carbonyl (C=O) groups is 1. The topological polar surface area (TPSA) is 85.2 Å². The Morgan fingerprint density at radius 3 is 2.74 bits per heavy atom. The van der Waals surface area contributed by atoms with E-state index < -0.39 is 17.7 Å². The van der Waals surface area contributed by atoms with E-state index in [1.54, 1.807) is 34.7 Å². The monoisotopic (exact) mass is 490 g/mol. The first-order valence-corrected chi connectivity index (χ1v) is 11.8. The molecule has 2 aliphatic heterocycles. The lowest BCUT2D eigenvalue weighted by Crippen LogP contribution is -2.35. The Labute approximate surface area is 197 Å². The summed E-state index contributed by atoms with van der Waals surface area (Å²) in [5.74, 6) is -0.286. The van der Waals surface area contributed by atoms with Crippen LogP contribution in [-0.2, 0) is 17.5 Å². The van der Waals surface area contributed by atoms with Crippen LogP contribution in [0.3, 0.4) is 0 Å². The molecule has 0 radical (unpaired) electrons. The summed E-state index contributed by atoms with van der Waals surface area (Å²) in [6.07, 6.45) is 2.73. The zero-order valence-electron chi connectivity index (χ0n) is 18.2. The van der Waals surface area contributed by atoms with Gasteiger partial charge in [0.1, 0.15) is 23.6 Å². The van der Waals surface area contributed by atoms with Gasteiger partial charge in [-0.2, -0.15) is 13.2 Å². The van der Waals surface area contributed by atoms with Crippen molar-refractivity contribution in [3.05, 3.63) is 53.6 Å². The number of nitrogens with zero attached hydrogens (tertiary/aromatic N) is 5. The number of halogens is 3. The summed E-state index contributed by atoms with van der Waals surface area (Å²) >= 11 is 1.68. The summed E-state index contributed by atoms with van der Waals surface area (Å²) in [7, 11) is 0. The van der Waals surface area contributed by atoms with Crippen LogP contribution in [0, 0.1) is 0 Å². The van der Waals surface area contributed by atoms with Crippen molar-refractivity contribution in [2.45, 2.75) is 31.7 Å². The van der Waals surface area contributed by atoms with Gasteiger partial charge in [-0.25, -0.2) is 19.7 Å². The van der Waals surface area contributed by atoms with Gasteiger partial charge in [0.25, 0.3) is 0 Å². The maximum Gasteiger partial charge on any atom is 0.420 e. The first-order valence-electron chi connectivity index (χ1n) is 10.7. The second kappa shape index (κ2) is 8.91. The van der Waals surface area contributed by atoms with E-state index in [1.165, 1.54) is 12.5 Å². The predicted octanol–water partition coefficient (Wildman–Crippen LogP) is 4.17. The van der Waals surface area contributed by atoms with Crippen LogP contribution in [0.4, 0.5) is 19.1 Å². The number of piperidine rings is 1. The quantitative estimate of drug-likeness (QED) is 0.421. The van der Waals surface area contributed by atoms with E-state index >= 15 is 0 Å². The van der Waals surface area contributed by atoms with Crippen molar-refractivity contribution in [1.29, 1.82) is 0 Å². The van der Waals surface area contributed by atoms with Crippen molar-refractivity contribution in [2.75, 3.05) is 24.7 Å². The normalized spacial score (nSPS) is 17.0. The SMILES string of the molecule is CSN1CCC(Nc2ncc(C(F)(F)F)c(-c3cn(-c4cccc5c4COC5=O)cn3)n2)CC1. The third-order valence-electron chi connectivity index (χ3n) is 5.96. The number of esters is 1. The van der Waals surface area contributed by atoms with E-state index in [-0.39, 0.29) is 30.0 Å². The number of aromatic nitrogens is 4. The molecule has 34 heavy (non-hydrogen) atoms. The molecule has 0 saturated carbocycles. The molecule has 5 rings (SSSR count). The lowest BCUT2D eigenvalue weighted by Gasteiger charge is -2.30. The molecular formula is C22H21F3N6O2S. The molecule has 1 saturated heterocycles. The molecule has 1 fully saturated rings. The highest BCUT2D eigenvalue weighted by Gasteiger charge is 2.36. The molecule has 0 atom stereocenters. The fraction of sp³-hybridized carbons (Fsp3) is 0.364. The largest absolute Gasteiger partial charge is 0.457 e. The smallest absolute Gasteiger partial charge is 0.420 e. The van der Waals surface area contributed by atoms with Crippen molar-refractivity contribution in [3.63, 3.8) is 0 Å². The standard InChI is InChI=1S/C22H21F3N6O2S/c1-34-31-7-5-13(6-8-31)28-21-26-9-16(22(23,24)25)19(29-21)17-10-30(12-27-17)18-4-2-3-14-15(18)11-33-20(14)32/h2-4,9-10,12-13H,5-8,11H2,1H3,(H,26,28,29). The van der Waals surface area contributed by atoms with Crippen LogP contribution in [0.15, 0.2) is 36.9 Å². The summed E-state index contributed by atoms with van der Waals surface area (Å²) < 4.78 is 50.2. The first kappa shape index (κ1) is 22.7. The molecule has 2 aliphatic rings. The summed E-state index contributed by atoms with van der Waals surface area (Å²) in [4.78, 5) is 24.2. The van der Waals surface area contributed by atoms with E-state index in [0.717, 1.165) is 32.1 Å². The minimum Gasteiger partial charge on any atom is -0.457 e. The van der Waals surface area contributed by atoms with Gasteiger partial charge in [-0.15, -0.1) is 0 Å². The van der Waals surface area contributed by atoms with Gasteiger partial charge in [0.2, 0.25) is 5.95 Å². The third kappa shape index (κ3) is 4.34. The van der Waals surface area contributed by atoms with Gasteiger partial charge in [-0.05, 0) is 31.2 Å². The zero-order valence-corrected chi connectivity index (χ0v) is 19.0. The molecule has 2 aromatic heterocycles. The van der Waals surface area contributed by atoms with Crippen molar-refractivity contribution < 1.29 is 22.7 Å². The molecule has 0 bridgehead atoms. The number of anilines is 1. The molecule has 1 aromatic carbocycles. The predicted molar refractivity (Wildman–Crippen MR) is 120 cm³/mol. The number of alkyl halides is 3. The van der Waals surface area contributed by atoms with Crippen LogP contribution in [0.1, 0.15) is 34.3 Å². The Bertz CT molecular complexity index is 1220. The number of fused-ring (bicyclic) bond motifs is 1. The maximum absolute atomic E-state index is 13.8. The summed E-state index contributed by atoms with van der Waals surface area (Å²) in [6, 6.07) is 5.18. The zero-order chi connectivity index (χ0) is 23.9. The molecule has 0 amide bonds. The lowest BCUT2D eigenvalue weighted by atomic mass is 10.1. The minimum atomic E-state index is -4.64. The maximum atomic E-state index is 13.8. The van der Waals surface area contributed by atoms with Crippen molar-refractivity contribution in [1.82, 2.24) is 23.8 Å². The average Bonchev–Trinajstić information content (AvgIpc) is 3.46. The molecule has 12 heteroatoms. The van der Waals surface area contributed by atoms with Gasteiger partial charge < -0.3 is 14.6 Å². The Morgan fingerprint density at radius 2 is 2.00 bits per heavy atom. The Kier molecular flexibility index (Phi) is 5.94. The number of ether oxygens (including phenoxy) is 1. The van der Waals surface area contributed by atoms with Crippen molar-refractivity contribution >= 4 is 23.9 Å². The summed E-state index contributed by atoms with van der Waals surface area (Å²) in [5, 5.41) is 3.18. The highest BCUT2D eigenvalue weighted by molar-refractivity contribution is 7.96. The van der Waals surface area contributed by atoms with Crippen LogP contribution in [0.2, 0.25) is 0 Å². The molecule has 178 valence electrons. The van der Waals surface area contributed by atoms with Gasteiger partial charge in [0.05, 0.1) is 17.6 Å². The molecule has 8 nitrogen and oxygen atoms in total. The van der Waals surface area contributed by atoms with Gasteiger partial charge >= 0.3 is 12.1 Å². The Hall–Kier alpha value is -3.12. The Morgan fingerprint density at radius 1 is 1.21 bits per heavy atom. The number of imidazole rings is 1. The Balaban J connectivity index is 1.47. The van der Waals surface area contributed by atoms with Gasteiger partial charge in [-0.3, -0.25) is 4.31 Å². The second-order valence-electron chi connectivity index (χ2n) is 8.03. The fourth-order valence-corrected chi connectivity index (χ4v) is 4.75. The van der Waals surface area contributed by atoms with Gasteiger partial charge in [-0.1, -0.05) is 18.0 Å². The van der Waals surface area contributed by atoms with E-state index in [0.29, 0.717) is 16.8 Å². The lowest BCUT2D eigenvalue weighted by molar-refractivity contribution is -0.137. The molecular weight excluding hydrogens is 469 g/mol. The van der Waals surface area contributed by atoms with Crippen LogP contribution in [0.5, 0.6) is 0 Å². The van der Waals surface area contributed by atoms with Crippen LogP contribution in [-0.4, -0.2) is 55.2 Å². The average molecular weight is 491 g/mol. The second-order valence-corrected chi connectivity index (χ2v) is 8.91. The van der Waals surface area contributed by atoms with Crippen LogP contribution in [0.25, 0.3) is 17.1 Å². The molecule has 3 aromatic rings. The summed E-state index contributed by atoms with van der Waals surface area (Å²) in [5.41, 5.74) is 0.503. The number of nitrogens with one attached hydrogen (secondary N) is 1. The van der Waals surface area contributed by atoms with Crippen LogP contribution < -0.4 is 5.32 Å². The van der Waals surface area contributed by atoms with Crippen LogP contribution >= 0.6 is 11.9 Å². The number of hydrogen-bond donors (Lipinski definition) is 1. The van der Waals surface area contributed by atoms with Crippen molar-refractivity contribution in [2.24, 2.45) is 0 Å². The van der Waals surface area contributed by atoms with Crippen molar-refractivity contribution in [3.8, 4) is 17.1 Å². The molecule has 0 spiro atoms. The minimum absolute atomic E-state index is 0.0535. The van der Waals surface area contributed by atoms with E-state index in [2.05, 4.69) is 24.6 Å². The molecule has 4 heterocycles. The highest BCUT2D eigenvalue weighted by Crippen LogP contribution is 2.36. The third-order valence-corrected chi connectivity index (χ3v) is 6.84. The van der Waals surface area contributed by atoms with E-state index in [9.17, 15) is 18.0 Å². The molecule has 0 aliphatic carbocycles. The number of cyclic esters (lactones) is 1. The number of hydrogen-bond acceptors (Lipinski definition) is 8.